The normalized spacial score (nSPS) is 13.2. The second-order valence-electron chi connectivity index (χ2n) is 7.05. The van der Waals surface area contributed by atoms with Crippen LogP contribution in [-0.2, 0) is 17.6 Å². The number of nitriles is 2. The van der Waals surface area contributed by atoms with Crippen molar-refractivity contribution < 1.29 is 9.53 Å². The van der Waals surface area contributed by atoms with E-state index in [4.69, 9.17) is 4.74 Å². The number of carbonyl (C=O) groups is 1. The number of carbonyl (C=O) groups excluding carboxylic acids is 1. The predicted molar refractivity (Wildman–Crippen MR) is 118 cm³/mol. The number of hydrogen-bond donors (Lipinski definition) is 1. The van der Waals surface area contributed by atoms with Crippen molar-refractivity contribution in [2.45, 2.75) is 25.7 Å². The Morgan fingerprint density at radius 2 is 1.90 bits per heavy atom. The van der Waals surface area contributed by atoms with Gasteiger partial charge in [0.2, 0.25) is 0 Å². The number of rotatable bonds is 4. The summed E-state index contributed by atoms with van der Waals surface area (Å²) in [4.78, 5) is 14.0. The van der Waals surface area contributed by atoms with E-state index in [1.54, 1.807) is 13.2 Å². The molecule has 0 atom stereocenters. The molecule has 148 valence electrons. The number of benzene rings is 2. The minimum atomic E-state index is -0.507. The van der Waals surface area contributed by atoms with Gasteiger partial charge in [0.15, 0.2) is 0 Å². The monoisotopic (exact) mass is 413 g/mol. The molecule has 1 heterocycles. The zero-order valence-corrected chi connectivity index (χ0v) is 17.3. The number of anilines is 1. The molecule has 1 amide bonds. The number of thiophene rings is 1. The van der Waals surface area contributed by atoms with Gasteiger partial charge in [-0.15, -0.1) is 11.3 Å². The van der Waals surface area contributed by atoms with Crippen LogP contribution in [0.1, 0.15) is 34.4 Å². The molecular formula is C24H19N3O2S. The zero-order chi connectivity index (χ0) is 21.1. The average molecular weight is 414 g/mol. The lowest BCUT2D eigenvalue weighted by molar-refractivity contribution is -0.112. The minimum Gasteiger partial charge on any atom is -0.496 e. The molecule has 4 rings (SSSR count). The largest absolute Gasteiger partial charge is 0.496 e. The fourth-order valence-electron chi connectivity index (χ4n) is 3.85. The van der Waals surface area contributed by atoms with Crippen LogP contribution in [0.3, 0.4) is 0 Å². The van der Waals surface area contributed by atoms with Crippen LogP contribution >= 0.6 is 11.3 Å². The first-order chi connectivity index (χ1) is 14.7. The molecule has 1 aliphatic rings. The molecule has 0 unspecified atom stereocenters. The Kier molecular flexibility index (Phi) is 5.52. The molecule has 3 aromatic rings. The van der Waals surface area contributed by atoms with Gasteiger partial charge in [-0.3, -0.25) is 4.79 Å². The van der Waals surface area contributed by atoms with E-state index < -0.39 is 5.91 Å². The highest BCUT2D eigenvalue weighted by atomic mass is 32.1. The van der Waals surface area contributed by atoms with Crippen LogP contribution in [-0.4, -0.2) is 13.0 Å². The lowest BCUT2D eigenvalue weighted by Crippen LogP contribution is -2.13. The van der Waals surface area contributed by atoms with Crippen molar-refractivity contribution in [3.63, 3.8) is 0 Å². The maximum absolute atomic E-state index is 12.9. The molecule has 30 heavy (non-hydrogen) atoms. The number of nitrogens with zero attached hydrogens (tertiary/aromatic N) is 2. The first-order valence-corrected chi connectivity index (χ1v) is 10.5. The number of fused-ring (bicyclic) bond motifs is 2. The lowest BCUT2D eigenvalue weighted by Gasteiger charge is -2.09. The molecule has 0 bridgehead atoms. The van der Waals surface area contributed by atoms with E-state index in [1.165, 1.54) is 11.3 Å². The van der Waals surface area contributed by atoms with Crippen molar-refractivity contribution in [2.75, 3.05) is 12.4 Å². The second-order valence-corrected chi connectivity index (χ2v) is 8.16. The molecule has 0 spiro atoms. The van der Waals surface area contributed by atoms with Gasteiger partial charge >= 0.3 is 0 Å². The van der Waals surface area contributed by atoms with Gasteiger partial charge in [-0.1, -0.05) is 30.3 Å². The SMILES string of the molecule is COc1ccc(/C=C(\C#N)C(=O)Nc2sc3c(c2C#N)CCCC3)c2ccccc12. The van der Waals surface area contributed by atoms with E-state index in [-0.39, 0.29) is 5.57 Å². The number of amides is 1. The highest BCUT2D eigenvalue weighted by Gasteiger charge is 2.22. The van der Waals surface area contributed by atoms with Crippen LogP contribution in [0, 0.1) is 22.7 Å². The Hall–Kier alpha value is -3.61. The quantitative estimate of drug-likeness (QED) is 0.470. The van der Waals surface area contributed by atoms with Gasteiger partial charge < -0.3 is 10.1 Å². The molecule has 6 heteroatoms. The Bertz CT molecular complexity index is 1260. The summed E-state index contributed by atoms with van der Waals surface area (Å²) in [5, 5.41) is 24.4. The van der Waals surface area contributed by atoms with E-state index >= 15 is 0 Å². The highest BCUT2D eigenvalue weighted by molar-refractivity contribution is 7.16. The van der Waals surface area contributed by atoms with Crippen LogP contribution in [0.15, 0.2) is 42.0 Å². The van der Waals surface area contributed by atoms with E-state index in [1.807, 2.05) is 42.5 Å². The van der Waals surface area contributed by atoms with Crippen LogP contribution in [0.2, 0.25) is 0 Å². The summed E-state index contributed by atoms with van der Waals surface area (Å²) in [5.41, 5.74) is 2.33. The Morgan fingerprint density at radius 1 is 1.13 bits per heavy atom. The molecule has 1 aromatic heterocycles. The van der Waals surface area contributed by atoms with Crippen molar-refractivity contribution in [2.24, 2.45) is 0 Å². The van der Waals surface area contributed by atoms with Crippen molar-refractivity contribution in [1.29, 1.82) is 10.5 Å². The fraction of sp³-hybridized carbons (Fsp3) is 0.208. The van der Waals surface area contributed by atoms with E-state index in [2.05, 4.69) is 11.4 Å². The summed E-state index contributed by atoms with van der Waals surface area (Å²) < 4.78 is 5.41. The van der Waals surface area contributed by atoms with Gasteiger partial charge in [0.25, 0.3) is 5.91 Å². The Balaban J connectivity index is 1.69. The third-order valence-electron chi connectivity index (χ3n) is 5.31. The summed E-state index contributed by atoms with van der Waals surface area (Å²) in [6, 6.07) is 15.6. The number of ether oxygens (including phenoxy) is 1. The fourth-order valence-corrected chi connectivity index (χ4v) is 5.08. The Morgan fingerprint density at radius 3 is 2.63 bits per heavy atom. The van der Waals surface area contributed by atoms with E-state index in [0.717, 1.165) is 58.2 Å². The molecule has 1 N–H and O–H groups in total. The van der Waals surface area contributed by atoms with Crippen molar-refractivity contribution in [3.8, 4) is 17.9 Å². The third kappa shape index (κ3) is 3.54. The molecular weight excluding hydrogens is 394 g/mol. The molecule has 2 aromatic carbocycles. The summed E-state index contributed by atoms with van der Waals surface area (Å²) >= 11 is 1.45. The number of nitrogens with one attached hydrogen (secondary N) is 1. The number of hydrogen-bond acceptors (Lipinski definition) is 5. The topological polar surface area (TPSA) is 85.9 Å². The van der Waals surface area contributed by atoms with Gasteiger partial charge in [-0.05, 0) is 54.3 Å². The number of aryl methyl sites for hydroxylation is 1. The van der Waals surface area contributed by atoms with Gasteiger partial charge in [-0.2, -0.15) is 10.5 Å². The summed E-state index contributed by atoms with van der Waals surface area (Å²) in [5.74, 6) is 0.223. The van der Waals surface area contributed by atoms with E-state index in [0.29, 0.717) is 10.6 Å². The maximum Gasteiger partial charge on any atom is 0.266 e. The molecule has 0 radical (unpaired) electrons. The first-order valence-electron chi connectivity index (χ1n) is 9.69. The van der Waals surface area contributed by atoms with Gasteiger partial charge in [0.1, 0.15) is 28.5 Å². The first kappa shape index (κ1) is 19.7. The van der Waals surface area contributed by atoms with E-state index in [9.17, 15) is 15.3 Å². The summed E-state index contributed by atoms with van der Waals surface area (Å²) in [6.45, 7) is 0. The van der Waals surface area contributed by atoms with Crippen molar-refractivity contribution in [1.82, 2.24) is 0 Å². The van der Waals surface area contributed by atoms with Crippen LogP contribution in [0.5, 0.6) is 5.75 Å². The summed E-state index contributed by atoms with van der Waals surface area (Å²) in [6.07, 6.45) is 5.53. The predicted octanol–water partition coefficient (Wildman–Crippen LogP) is 5.21. The van der Waals surface area contributed by atoms with Gasteiger partial charge in [0, 0.05) is 10.3 Å². The molecule has 0 fully saturated rings. The second kappa shape index (κ2) is 8.41. The summed E-state index contributed by atoms with van der Waals surface area (Å²) in [7, 11) is 1.61. The van der Waals surface area contributed by atoms with Crippen molar-refractivity contribution >= 4 is 39.1 Å². The smallest absolute Gasteiger partial charge is 0.266 e. The minimum absolute atomic E-state index is 0.0134. The molecule has 5 nitrogen and oxygen atoms in total. The maximum atomic E-state index is 12.9. The number of methoxy groups -OCH3 is 1. The van der Waals surface area contributed by atoms with Crippen molar-refractivity contribution in [3.05, 3.63) is 63.5 Å². The third-order valence-corrected chi connectivity index (χ3v) is 6.52. The average Bonchev–Trinajstić information content (AvgIpc) is 3.14. The van der Waals surface area contributed by atoms with Crippen LogP contribution in [0.4, 0.5) is 5.00 Å². The van der Waals surface area contributed by atoms with Crippen LogP contribution < -0.4 is 10.1 Å². The van der Waals surface area contributed by atoms with Gasteiger partial charge in [-0.25, -0.2) is 0 Å². The lowest BCUT2D eigenvalue weighted by atomic mass is 9.96. The molecule has 0 saturated carbocycles. The standard InChI is InChI=1S/C24H19N3O2S/c1-29-21-11-10-15(17-6-2-3-7-18(17)21)12-16(13-25)23(28)27-24-20(14-26)19-8-4-5-9-22(19)30-24/h2-3,6-7,10-12H,4-5,8-9H2,1H3,(H,27,28)/b16-12+. The zero-order valence-electron chi connectivity index (χ0n) is 16.5. The molecule has 1 aliphatic carbocycles. The Labute approximate surface area is 178 Å². The van der Waals surface area contributed by atoms with Gasteiger partial charge in [0.05, 0.1) is 12.7 Å². The molecule has 0 saturated heterocycles. The molecule has 0 aliphatic heterocycles. The highest BCUT2D eigenvalue weighted by Crippen LogP contribution is 2.38. The van der Waals surface area contributed by atoms with Crippen LogP contribution in [0.25, 0.3) is 16.8 Å².